The molecule has 1 fully saturated rings. The molecule has 2 N–H and O–H groups in total. The number of ether oxygens (including phenoxy) is 2. The number of hydrogen-bond acceptors (Lipinski definition) is 5. The van der Waals surface area contributed by atoms with Gasteiger partial charge in [-0.25, -0.2) is 0 Å². The van der Waals surface area contributed by atoms with Gasteiger partial charge in [0.25, 0.3) is 0 Å². The minimum atomic E-state index is -0.440. The van der Waals surface area contributed by atoms with Gasteiger partial charge in [-0.2, -0.15) is 0 Å². The highest BCUT2D eigenvalue weighted by molar-refractivity contribution is 6.31. The predicted octanol–water partition coefficient (Wildman–Crippen LogP) is 3.11. The minimum absolute atomic E-state index is 0.0146. The number of aliphatic hydroxyl groups excluding tert-OH is 1. The van der Waals surface area contributed by atoms with Crippen molar-refractivity contribution in [3.05, 3.63) is 64.3 Å². The van der Waals surface area contributed by atoms with Crippen molar-refractivity contribution in [2.24, 2.45) is 0 Å². The summed E-state index contributed by atoms with van der Waals surface area (Å²) in [6.45, 7) is 2.69. The van der Waals surface area contributed by atoms with Gasteiger partial charge in [0, 0.05) is 66.4 Å². The molecule has 0 radical (unpaired) electrons. The number of methoxy groups -OCH3 is 2. The SMILES string of the molecule is COCC(=O)N1CC2(CN(Cc3ccccc3Cl)C2)c2c([nH]c3cc(OC)ccc23)[C@@H]1CO. The topological polar surface area (TPSA) is 78.0 Å². The summed E-state index contributed by atoms with van der Waals surface area (Å²) in [5, 5.41) is 12.2. The van der Waals surface area contributed by atoms with Crippen LogP contribution >= 0.6 is 11.6 Å². The molecule has 2 aromatic carbocycles. The maximum Gasteiger partial charge on any atom is 0.249 e. The molecule has 1 aromatic heterocycles. The first-order valence-electron chi connectivity index (χ1n) is 11.0. The van der Waals surface area contributed by atoms with Crippen molar-refractivity contribution < 1.29 is 19.4 Å². The van der Waals surface area contributed by atoms with E-state index in [1.54, 1.807) is 12.0 Å². The van der Waals surface area contributed by atoms with Gasteiger partial charge in [0.05, 0.1) is 19.8 Å². The molecule has 5 rings (SSSR count). The molecule has 1 spiro atoms. The van der Waals surface area contributed by atoms with Crippen LogP contribution in [0.25, 0.3) is 10.9 Å². The van der Waals surface area contributed by atoms with Crippen LogP contribution in [0.3, 0.4) is 0 Å². The number of H-pyrrole nitrogens is 1. The van der Waals surface area contributed by atoms with Gasteiger partial charge < -0.3 is 24.5 Å². The van der Waals surface area contributed by atoms with Crippen molar-refractivity contribution in [3.63, 3.8) is 0 Å². The van der Waals surface area contributed by atoms with Crippen molar-refractivity contribution in [3.8, 4) is 5.75 Å². The fraction of sp³-hybridized carbons (Fsp3) is 0.400. The van der Waals surface area contributed by atoms with Crippen LogP contribution in [0.1, 0.15) is 22.9 Å². The number of aromatic nitrogens is 1. The molecule has 2 aliphatic rings. The van der Waals surface area contributed by atoms with Crippen molar-refractivity contribution in [1.82, 2.24) is 14.8 Å². The van der Waals surface area contributed by atoms with Crippen LogP contribution in [-0.2, 0) is 21.5 Å². The highest BCUT2D eigenvalue weighted by Gasteiger charge is 2.53. The van der Waals surface area contributed by atoms with Gasteiger partial charge in [-0.05, 0) is 29.3 Å². The fourth-order valence-corrected chi connectivity index (χ4v) is 5.72. The van der Waals surface area contributed by atoms with E-state index in [1.807, 2.05) is 36.4 Å². The Morgan fingerprint density at radius 1 is 1.21 bits per heavy atom. The minimum Gasteiger partial charge on any atom is -0.497 e. The molecule has 3 heterocycles. The van der Waals surface area contributed by atoms with Gasteiger partial charge in [0.15, 0.2) is 0 Å². The van der Waals surface area contributed by atoms with E-state index in [4.69, 9.17) is 21.1 Å². The summed E-state index contributed by atoms with van der Waals surface area (Å²) < 4.78 is 10.5. The summed E-state index contributed by atoms with van der Waals surface area (Å²) in [5.41, 5.74) is 3.89. The van der Waals surface area contributed by atoms with Gasteiger partial charge in [0.2, 0.25) is 5.91 Å². The Bertz CT molecular complexity index is 1190. The van der Waals surface area contributed by atoms with E-state index in [9.17, 15) is 9.90 Å². The molecule has 7 nitrogen and oxygen atoms in total. The Balaban J connectivity index is 1.55. The van der Waals surface area contributed by atoms with E-state index in [-0.39, 0.29) is 24.5 Å². The molecule has 8 heteroatoms. The average Bonchev–Trinajstić information content (AvgIpc) is 3.18. The Labute approximate surface area is 197 Å². The zero-order valence-electron chi connectivity index (χ0n) is 18.8. The third kappa shape index (κ3) is 3.69. The van der Waals surface area contributed by atoms with Crippen molar-refractivity contribution in [1.29, 1.82) is 0 Å². The monoisotopic (exact) mass is 469 g/mol. The maximum absolute atomic E-state index is 13.0. The summed E-state index contributed by atoms with van der Waals surface area (Å²) in [5.74, 6) is 0.638. The molecule has 3 aromatic rings. The number of nitrogens with one attached hydrogen (secondary N) is 1. The molecule has 0 saturated carbocycles. The molecular formula is C25H28ClN3O4. The molecule has 0 unspecified atom stereocenters. The summed E-state index contributed by atoms with van der Waals surface area (Å²) >= 11 is 6.40. The van der Waals surface area contributed by atoms with Crippen molar-refractivity contribution >= 4 is 28.4 Å². The van der Waals surface area contributed by atoms with Gasteiger partial charge in [-0.3, -0.25) is 9.69 Å². The number of aliphatic hydroxyl groups is 1. The van der Waals surface area contributed by atoms with Crippen LogP contribution < -0.4 is 4.74 Å². The highest BCUT2D eigenvalue weighted by Crippen LogP contribution is 2.49. The lowest BCUT2D eigenvalue weighted by molar-refractivity contribution is -0.143. The lowest BCUT2D eigenvalue weighted by Crippen LogP contribution is -2.66. The van der Waals surface area contributed by atoms with E-state index >= 15 is 0 Å². The second-order valence-corrected chi connectivity index (χ2v) is 9.40. The van der Waals surface area contributed by atoms with Gasteiger partial charge in [-0.1, -0.05) is 29.8 Å². The summed E-state index contributed by atoms with van der Waals surface area (Å²) in [4.78, 5) is 20.6. The zero-order valence-corrected chi connectivity index (χ0v) is 19.6. The van der Waals surface area contributed by atoms with Crippen LogP contribution in [-0.4, -0.2) is 72.9 Å². The lowest BCUT2D eigenvalue weighted by Gasteiger charge is -2.56. The standard InChI is InChI=1S/C25H28ClN3O4/c1-32-12-22(31)29-15-25(13-28(14-25)10-16-5-3-4-6-19(16)26)23-18-8-7-17(33-2)9-20(18)27-24(23)21(29)11-30/h3-9,21,27,30H,10-15H2,1-2H3/t21-/m0/s1. The first-order valence-corrected chi connectivity index (χ1v) is 11.4. The summed E-state index contributed by atoms with van der Waals surface area (Å²) in [7, 11) is 3.16. The second kappa shape index (κ2) is 8.65. The molecular weight excluding hydrogens is 442 g/mol. The quantitative estimate of drug-likeness (QED) is 0.580. The van der Waals surface area contributed by atoms with E-state index in [2.05, 4.69) is 16.0 Å². The maximum atomic E-state index is 13.0. The third-order valence-corrected chi connectivity index (χ3v) is 7.28. The Morgan fingerprint density at radius 2 is 2.00 bits per heavy atom. The van der Waals surface area contributed by atoms with Gasteiger partial charge in [-0.15, -0.1) is 0 Å². The number of rotatable bonds is 6. The summed E-state index contributed by atoms with van der Waals surface area (Å²) in [6.07, 6.45) is 0. The average molecular weight is 470 g/mol. The number of likely N-dealkylation sites (tertiary alicyclic amines) is 1. The Hall–Kier alpha value is -2.58. The number of benzene rings is 2. The number of aromatic amines is 1. The molecule has 174 valence electrons. The predicted molar refractivity (Wildman–Crippen MR) is 127 cm³/mol. The van der Waals surface area contributed by atoms with Crippen LogP contribution in [0.5, 0.6) is 5.75 Å². The number of carbonyl (C=O) groups excluding carboxylic acids is 1. The van der Waals surface area contributed by atoms with Gasteiger partial charge >= 0.3 is 0 Å². The van der Waals surface area contributed by atoms with Crippen LogP contribution in [0, 0.1) is 0 Å². The first kappa shape index (κ1) is 22.2. The van der Waals surface area contributed by atoms with Gasteiger partial charge in [0.1, 0.15) is 12.4 Å². The molecule has 1 atom stereocenters. The number of nitrogens with zero attached hydrogens (tertiary/aromatic N) is 2. The fourth-order valence-electron chi connectivity index (χ4n) is 5.52. The normalized spacial score (nSPS) is 19.5. The number of amides is 1. The molecule has 0 bridgehead atoms. The van der Waals surface area contributed by atoms with E-state index in [0.29, 0.717) is 6.54 Å². The van der Waals surface area contributed by atoms with E-state index < -0.39 is 6.04 Å². The Kier molecular flexibility index (Phi) is 5.82. The van der Waals surface area contributed by atoms with E-state index in [1.165, 1.54) is 12.7 Å². The number of fused-ring (bicyclic) bond motifs is 4. The molecule has 33 heavy (non-hydrogen) atoms. The third-order valence-electron chi connectivity index (χ3n) is 6.91. The van der Waals surface area contributed by atoms with Crippen LogP contribution in [0.2, 0.25) is 5.02 Å². The smallest absolute Gasteiger partial charge is 0.249 e. The van der Waals surface area contributed by atoms with Crippen molar-refractivity contribution in [2.45, 2.75) is 18.0 Å². The number of carbonyl (C=O) groups is 1. The zero-order chi connectivity index (χ0) is 23.2. The van der Waals surface area contributed by atoms with Crippen molar-refractivity contribution in [2.75, 3.05) is 47.1 Å². The molecule has 2 aliphatic heterocycles. The first-order chi connectivity index (χ1) is 16.0. The Morgan fingerprint density at radius 3 is 2.70 bits per heavy atom. The highest BCUT2D eigenvalue weighted by atomic mass is 35.5. The van der Waals surface area contributed by atoms with E-state index in [0.717, 1.165) is 52.6 Å². The second-order valence-electron chi connectivity index (χ2n) is 9.00. The van der Waals surface area contributed by atoms with Crippen LogP contribution in [0.4, 0.5) is 0 Å². The number of hydrogen-bond donors (Lipinski definition) is 2. The summed E-state index contributed by atoms with van der Waals surface area (Å²) in [6, 6.07) is 13.5. The number of halogens is 1. The lowest BCUT2D eigenvalue weighted by atomic mass is 9.68. The molecule has 1 amide bonds. The largest absolute Gasteiger partial charge is 0.497 e. The van der Waals surface area contributed by atoms with Crippen LogP contribution in [0.15, 0.2) is 42.5 Å². The molecule has 1 saturated heterocycles. The molecule has 0 aliphatic carbocycles.